The molecule has 8 heteroatoms. The molecule has 2 heterocycles. The number of hydrogen-bond donors (Lipinski definition) is 2. The predicted octanol–water partition coefficient (Wildman–Crippen LogP) is 3.97. The zero-order valence-corrected chi connectivity index (χ0v) is 16.0. The molecule has 2 aromatic carbocycles. The Labute approximate surface area is 166 Å². The van der Waals surface area contributed by atoms with Gasteiger partial charge in [-0.3, -0.25) is 9.79 Å². The Morgan fingerprint density at radius 1 is 1.28 bits per heavy atom. The number of halogens is 2. The van der Waals surface area contributed by atoms with Crippen LogP contribution in [0.15, 0.2) is 41.4 Å². The molecule has 0 aromatic heterocycles. The number of carbonyl (C=O) groups is 1. The number of hydrogen-bond acceptors (Lipinski definition) is 5. The molecule has 0 spiro atoms. The van der Waals surface area contributed by atoms with E-state index in [2.05, 4.69) is 15.6 Å². The van der Waals surface area contributed by atoms with Crippen molar-refractivity contribution in [2.24, 2.45) is 4.99 Å². The summed E-state index contributed by atoms with van der Waals surface area (Å²) < 4.78 is 38.9. The van der Waals surface area contributed by atoms with E-state index in [1.807, 2.05) is 13.8 Å². The number of nitrogens with one attached hydrogen (secondary N) is 2. The second-order valence-corrected chi connectivity index (χ2v) is 7.47. The molecule has 0 aliphatic carbocycles. The first-order chi connectivity index (χ1) is 13.8. The topological polar surface area (TPSA) is 72.0 Å². The summed E-state index contributed by atoms with van der Waals surface area (Å²) in [7, 11) is 0. The molecule has 6 nitrogen and oxygen atoms in total. The fourth-order valence-corrected chi connectivity index (χ4v) is 3.38. The summed E-state index contributed by atoms with van der Waals surface area (Å²) in [5.74, 6) is -2.45. The van der Waals surface area contributed by atoms with E-state index in [4.69, 9.17) is 9.47 Å². The van der Waals surface area contributed by atoms with E-state index in [1.54, 1.807) is 18.2 Å². The van der Waals surface area contributed by atoms with Crippen molar-refractivity contribution in [2.75, 3.05) is 23.8 Å². The normalized spacial score (nSPS) is 22.7. The van der Waals surface area contributed by atoms with Gasteiger partial charge in [-0.1, -0.05) is 6.07 Å². The van der Waals surface area contributed by atoms with E-state index in [0.717, 1.165) is 0 Å². The van der Waals surface area contributed by atoms with Gasteiger partial charge in [-0.2, -0.15) is 0 Å². The number of fused-ring (bicyclic) bond motifs is 1. The van der Waals surface area contributed by atoms with E-state index in [1.165, 1.54) is 24.4 Å². The van der Waals surface area contributed by atoms with E-state index >= 15 is 0 Å². The number of rotatable bonds is 5. The van der Waals surface area contributed by atoms with Crippen molar-refractivity contribution in [3.05, 3.63) is 53.6 Å². The van der Waals surface area contributed by atoms with Crippen molar-refractivity contribution < 1.29 is 23.0 Å². The second kappa shape index (κ2) is 7.53. The van der Waals surface area contributed by atoms with Crippen molar-refractivity contribution in [3.8, 4) is 0 Å². The van der Waals surface area contributed by atoms with Crippen molar-refractivity contribution >= 4 is 29.2 Å². The van der Waals surface area contributed by atoms with Crippen LogP contribution in [0.25, 0.3) is 0 Å². The zero-order valence-electron chi connectivity index (χ0n) is 16.0. The summed E-state index contributed by atoms with van der Waals surface area (Å²) in [4.78, 5) is 16.3. The molecule has 2 aliphatic rings. The fraction of sp³-hybridized carbons (Fsp3) is 0.333. The van der Waals surface area contributed by atoms with Crippen molar-refractivity contribution in [1.82, 2.24) is 0 Å². The fourth-order valence-electron chi connectivity index (χ4n) is 3.38. The van der Waals surface area contributed by atoms with Gasteiger partial charge in [0.1, 0.15) is 23.7 Å². The lowest BCUT2D eigenvalue weighted by Gasteiger charge is -2.17. The van der Waals surface area contributed by atoms with Crippen LogP contribution in [-0.2, 0) is 14.3 Å². The summed E-state index contributed by atoms with van der Waals surface area (Å²) >= 11 is 0. The highest BCUT2D eigenvalue weighted by Crippen LogP contribution is 2.32. The Morgan fingerprint density at radius 2 is 2.10 bits per heavy atom. The van der Waals surface area contributed by atoms with Crippen LogP contribution in [0.5, 0.6) is 0 Å². The van der Waals surface area contributed by atoms with E-state index in [9.17, 15) is 13.6 Å². The van der Waals surface area contributed by atoms with Crippen LogP contribution in [0.4, 0.5) is 25.8 Å². The average molecular weight is 401 g/mol. The van der Waals surface area contributed by atoms with Gasteiger partial charge in [-0.25, -0.2) is 8.78 Å². The maximum atomic E-state index is 14.4. The molecule has 0 radical (unpaired) electrons. The maximum absolute atomic E-state index is 14.4. The second-order valence-electron chi connectivity index (χ2n) is 7.47. The van der Waals surface area contributed by atoms with Gasteiger partial charge >= 0.3 is 0 Å². The van der Waals surface area contributed by atoms with Gasteiger partial charge in [0.25, 0.3) is 0 Å². The van der Waals surface area contributed by atoms with Crippen LogP contribution in [-0.4, -0.2) is 37.2 Å². The molecule has 2 atom stereocenters. The molecule has 0 saturated carbocycles. The maximum Gasteiger partial charge on any atom is 0.237 e. The number of benzene rings is 2. The Balaban J connectivity index is 1.42. The van der Waals surface area contributed by atoms with Crippen LogP contribution in [0.3, 0.4) is 0 Å². The molecule has 1 fully saturated rings. The largest absolute Gasteiger partial charge is 0.380 e. The number of ether oxygens (including phenoxy) is 2. The minimum atomic E-state index is -0.644. The first-order valence-electron chi connectivity index (χ1n) is 9.30. The molecule has 4 rings (SSSR count). The summed E-state index contributed by atoms with van der Waals surface area (Å²) in [5.41, 5.74) is 1.77. The van der Waals surface area contributed by atoms with E-state index in [0.29, 0.717) is 35.8 Å². The van der Waals surface area contributed by atoms with Crippen LogP contribution in [0.2, 0.25) is 0 Å². The molecule has 152 valence electrons. The van der Waals surface area contributed by atoms with Crippen LogP contribution in [0.1, 0.15) is 25.3 Å². The molecule has 2 unspecified atom stereocenters. The van der Waals surface area contributed by atoms with Gasteiger partial charge in [0.15, 0.2) is 5.79 Å². The molecule has 29 heavy (non-hydrogen) atoms. The number of aliphatic imine (C=N–C) groups is 1. The zero-order chi connectivity index (χ0) is 20.6. The lowest BCUT2D eigenvalue weighted by atomic mass is 10.0. The molecule has 2 aliphatic heterocycles. The lowest BCUT2D eigenvalue weighted by Crippen LogP contribution is -2.26. The van der Waals surface area contributed by atoms with Crippen LogP contribution in [0, 0.1) is 11.6 Å². The highest BCUT2D eigenvalue weighted by molar-refractivity contribution is 6.12. The summed E-state index contributed by atoms with van der Waals surface area (Å²) in [6.07, 6.45) is 1.28. The van der Waals surface area contributed by atoms with E-state index < -0.39 is 23.3 Å². The highest BCUT2D eigenvalue weighted by atomic mass is 19.1. The van der Waals surface area contributed by atoms with Gasteiger partial charge < -0.3 is 20.1 Å². The average Bonchev–Trinajstić information content (AvgIpc) is 3.16. The molecular formula is C21H21F2N3O3. The Hall–Kier alpha value is -2.84. The standard InChI is InChI=1S/C21H21F2N3O3/c1-21(2)28-11-14(29-21)9-25-18-6-4-13(8-17(18)23)24-10-16-15-5-3-12(22)7-19(15)26-20(16)27/h3-8,10,14,16,25H,9,11H2,1-2H3,(H,26,27). The van der Waals surface area contributed by atoms with Gasteiger partial charge in [-0.15, -0.1) is 0 Å². The third-order valence-electron chi connectivity index (χ3n) is 4.80. The number of anilines is 2. The van der Waals surface area contributed by atoms with Crippen molar-refractivity contribution in [1.29, 1.82) is 0 Å². The first-order valence-corrected chi connectivity index (χ1v) is 9.30. The highest BCUT2D eigenvalue weighted by Gasteiger charge is 2.32. The minimum absolute atomic E-state index is 0.159. The first kappa shape index (κ1) is 19.5. The number of carbonyl (C=O) groups excluding carboxylic acids is 1. The van der Waals surface area contributed by atoms with Crippen molar-refractivity contribution in [2.45, 2.75) is 31.7 Å². The molecule has 2 N–H and O–H groups in total. The number of nitrogens with zero attached hydrogens (tertiary/aromatic N) is 1. The van der Waals surface area contributed by atoms with Gasteiger partial charge in [0, 0.05) is 24.5 Å². The van der Waals surface area contributed by atoms with Crippen LogP contribution < -0.4 is 10.6 Å². The van der Waals surface area contributed by atoms with Crippen LogP contribution >= 0.6 is 0 Å². The Bertz CT molecular complexity index is 978. The predicted molar refractivity (Wildman–Crippen MR) is 106 cm³/mol. The van der Waals surface area contributed by atoms with E-state index in [-0.39, 0.29) is 12.0 Å². The Morgan fingerprint density at radius 3 is 2.83 bits per heavy atom. The quantitative estimate of drug-likeness (QED) is 0.744. The summed E-state index contributed by atoms with van der Waals surface area (Å²) in [6.45, 7) is 4.52. The molecule has 2 aromatic rings. The summed E-state index contributed by atoms with van der Waals surface area (Å²) in [6, 6.07) is 8.62. The molecule has 1 amide bonds. The lowest BCUT2D eigenvalue weighted by molar-refractivity contribution is -0.136. The van der Waals surface area contributed by atoms with Gasteiger partial charge in [0.2, 0.25) is 5.91 Å². The van der Waals surface area contributed by atoms with Gasteiger partial charge in [-0.05, 0) is 43.7 Å². The molecule has 1 saturated heterocycles. The summed E-state index contributed by atoms with van der Waals surface area (Å²) in [5, 5.41) is 5.63. The molecule has 0 bridgehead atoms. The third kappa shape index (κ3) is 4.28. The Kier molecular flexibility index (Phi) is 5.06. The third-order valence-corrected chi connectivity index (χ3v) is 4.80. The van der Waals surface area contributed by atoms with Gasteiger partial charge in [0.05, 0.1) is 18.0 Å². The monoisotopic (exact) mass is 401 g/mol. The SMILES string of the molecule is CC1(C)OCC(CNc2ccc(N=CC3C(=O)Nc4cc(F)ccc43)cc2F)O1. The van der Waals surface area contributed by atoms with Crippen molar-refractivity contribution in [3.63, 3.8) is 0 Å². The smallest absolute Gasteiger partial charge is 0.237 e. The minimum Gasteiger partial charge on any atom is -0.380 e. The number of amides is 1. The molecular weight excluding hydrogens is 380 g/mol.